The van der Waals surface area contributed by atoms with Gasteiger partial charge in [0.05, 0.1) is 13.7 Å². The summed E-state index contributed by atoms with van der Waals surface area (Å²) in [7, 11) is 1.60. The van der Waals surface area contributed by atoms with Crippen molar-refractivity contribution in [3.05, 3.63) is 29.0 Å². The highest BCUT2D eigenvalue weighted by Gasteiger charge is 2.23. The minimum absolute atomic E-state index is 0.411. The van der Waals surface area contributed by atoms with Gasteiger partial charge in [0.15, 0.2) is 23.3 Å². The monoisotopic (exact) mass is 265 g/mol. The molecule has 1 aromatic rings. The van der Waals surface area contributed by atoms with Gasteiger partial charge in [-0.1, -0.05) is 6.92 Å². The summed E-state index contributed by atoms with van der Waals surface area (Å²) in [6.45, 7) is 8.31. The van der Waals surface area contributed by atoms with Crippen molar-refractivity contribution in [3.63, 3.8) is 0 Å². The van der Waals surface area contributed by atoms with Gasteiger partial charge in [-0.25, -0.2) is 4.74 Å². The standard InChI is InChI=1S/C15H23NO3/c1-6-15(3,4)16(17)11-12-8-9-13(18-5)14(10-12)19-7-2/h8-11H,6-7H2,1-5H3. The Hall–Kier alpha value is -1.71. The van der Waals surface area contributed by atoms with Crippen LogP contribution in [-0.2, 0) is 0 Å². The Labute approximate surface area is 115 Å². The van der Waals surface area contributed by atoms with E-state index in [4.69, 9.17) is 9.47 Å². The normalized spacial score (nSPS) is 12.4. The molecule has 0 aromatic heterocycles. The van der Waals surface area contributed by atoms with Crippen LogP contribution in [0, 0.1) is 5.21 Å². The Morgan fingerprint density at radius 2 is 1.95 bits per heavy atom. The topological polar surface area (TPSA) is 44.5 Å². The first-order valence-corrected chi connectivity index (χ1v) is 6.56. The van der Waals surface area contributed by atoms with Gasteiger partial charge in [-0.05, 0) is 25.1 Å². The highest BCUT2D eigenvalue weighted by molar-refractivity contribution is 5.77. The molecule has 106 valence electrons. The van der Waals surface area contributed by atoms with Crippen molar-refractivity contribution in [3.8, 4) is 11.5 Å². The fourth-order valence-electron chi connectivity index (χ4n) is 1.51. The van der Waals surface area contributed by atoms with Crippen molar-refractivity contribution in [2.75, 3.05) is 13.7 Å². The molecule has 0 aliphatic rings. The van der Waals surface area contributed by atoms with Crippen LogP contribution in [-0.4, -0.2) is 30.2 Å². The van der Waals surface area contributed by atoms with Gasteiger partial charge < -0.3 is 14.7 Å². The predicted molar refractivity (Wildman–Crippen MR) is 77.3 cm³/mol. The quantitative estimate of drug-likeness (QED) is 0.343. The Kier molecular flexibility index (Phi) is 5.21. The number of ether oxygens (including phenoxy) is 2. The van der Waals surface area contributed by atoms with E-state index in [9.17, 15) is 5.21 Å². The number of nitrogens with zero attached hydrogens (tertiary/aromatic N) is 1. The number of hydrogen-bond donors (Lipinski definition) is 0. The minimum Gasteiger partial charge on any atom is -0.623 e. The van der Waals surface area contributed by atoms with Crippen LogP contribution in [0.5, 0.6) is 11.5 Å². The van der Waals surface area contributed by atoms with E-state index in [2.05, 4.69) is 0 Å². The third kappa shape index (κ3) is 3.88. The predicted octanol–water partition coefficient (Wildman–Crippen LogP) is 3.21. The number of hydroxylamine groups is 1. The summed E-state index contributed by atoms with van der Waals surface area (Å²) < 4.78 is 11.7. The van der Waals surface area contributed by atoms with Crippen molar-refractivity contribution in [2.24, 2.45) is 0 Å². The molecule has 0 N–H and O–H groups in total. The lowest BCUT2D eigenvalue weighted by Gasteiger charge is -2.22. The van der Waals surface area contributed by atoms with Crippen molar-refractivity contribution in [2.45, 2.75) is 39.7 Å². The Balaban J connectivity index is 3.09. The second-order valence-corrected chi connectivity index (χ2v) is 4.96. The van der Waals surface area contributed by atoms with Crippen LogP contribution < -0.4 is 9.47 Å². The van der Waals surface area contributed by atoms with E-state index < -0.39 is 5.54 Å². The summed E-state index contributed by atoms with van der Waals surface area (Å²) in [5.41, 5.74) is 0.395. The molecular weight excluding hydrogens is 242 g/mol. The van der Waals surface area contributed by atoms with E-state index in [0.717, 1.165) is 16.7 Å². The molecule has 0 saturated heterocycles. The Morgan fingerprint density at radius 3 is 2.47 bits per heavy atom. The van der Waals surface area contributed by atoms with E-state index in [1.165, 1.54) is 0 Å². The third-order valence-electron chi connectivity index (χ3n) is 3.22. The average Bonchev–Trinajstić information content (AvgIpc) is 2.39. The lowest BCUT2D eigenvalue weighted by atomic mass is 10.0. The van der Waals surface area contributed by atoms with E-state index >= 15 is 0 Å². The van der Waals surface area contributed by atoms with Crippen LogP contribution in [0.1, 0.15) is 39.7 Å². The lowest BCUT2D eigenvalue weighted by Crippen LogP contribution is -2.32. The molecule has 0 fully saturated rings. The van der Waals surface area contributed by atoms with Gasteiger partial charge in [-0.2, -0.15) is 0 Å². The van der Waals surface area contributed by atoms with E-state index in [-0.39, 0.29) is 0 Å². The minimum atomic E-state index is -0.411. The van der Waals surface area contributed by atoms with Gasteiger partial charge >= 0.3 is 0 Å². The van der Waals surface area contributed by atoms with Crippen LogP contribution in [0.4, 0.5) is 0 Å². The highest BCUT2D eigenvalue weighted by Crippen LogP contribution is 2.27. The summed E-state index contributed by atoms with van der Waals surface area (Å²) in [6.07, 6.45) is 2.37. The van der Waals surface area contributed by atoms with Crippen molar-refractivity contribution in [1.82, 2.24) is 0 Å². The maximum Gasteiger partial charge on any atom is 0.182 e. The van der Waals surface area contributed by atoms with Gasteiger partial charge in [-0.3, -0.25) is 0 Å². The number of hydrogen-bond acceptors (Lipinski definition) is 3. The van der Waals surface area contributed by atoms with Crippen LogP contribution in [0.15, 0.2) is 18.2 Å². The molecule has 0 aliphatic carbocycles. The molecule has 0 saturated carbocycles. The number of methoxy groups -OCH3 is 1. The second kappa shape index (κ2) is 6.45. The molecule has 0 atom stereocenters. The molecule has 1 rings (SSSR count). The summed E-state index contributed by atoms with van der Waals surface area (Å²) in [5.74, 6) is 1.33. The van der Waals surface area contributed by atoms with Gasteiger partial charge in [0.25, 0.3) is 0 Å². The first-order chi connectivity index (χ1) is 8.94. The van der Waals surface area contributed by atoms with Gasteiger partial charge in [-0.15, -0.1) is 0 Å². The first-order valence-electron chi connectivity index (χ1n) is 6.56. The Bertz CT molecular complexity index is 453. The molecule has 0 unspecified atom stereocenters. The third-order valence-corrected chi connectivity index (χ3v) is 3.22. The molecule has 1 aromatic carbocycles. The zero-order chi connectivity index (χ0) is 14.5. The van der Waals surface area contributed by atoms with Crippen LogP contribution in [0.2, 0.25) is 0 Å². The van der Waals surface area contributed by atoms with Crippen molar-refractivity contribution >= 4 is 6.21 Å². The lowest BCUT2D eigenvalue weighted by molar-refractivity contribution is -0.536. The first kappa shape index (κ1) is 15.3. The van der Waals surface area contributed by atoms with Gasteiger partial charge in [0, 0.05) is 25.8 Å². The molecule has 19 heavy (non-hydrogen) atoms. The SMILES string of the molecule is CCOc1cc(C=[N+]([O-])C(C)(C)CC)ccc1OC. The molecule has 0 bridgehead atoms. The summed E-state index contributed by atoms with van der Waals surface area (Å²) in [5, 5.41) is 12.1. The maximum atomic E-state index is 12.1. The summed E-state index contributed by atoms with van der Waals surface area (Å²) >= 11 is 0. The molecule has 4 heteroatoms. The summed E-state index contributed by atoms with van der Waals surface area (Å²) in [4.78, 5) is 0. The molecule has 0 aliphatic heterocycles. The fourth-order valence-corrected chi connectivity index (χ4v) is 1.51. The van der Waals surface area contributed by atoms with Crippen LogP contribution >= 0.6 is 0 Å². The number of rotatable bonds is 6. The van der Waals surface area contributed by atoms with E-state index in [0.29, 0.717) is 18.1 Å². The fraction of sp³-hybridized carbons (Fsp3) is 0.533. The van der Waals surface area contributed by atoms with E-state index in [1.807, 2.05) is 45.9 Å². The van der Waals surface area contributed by atoms with Crippen molar-refractivity contribution < 1.29 is 14.2 Å². The van der Waals surface area contributed by atoms with Gasteiger partial charge in [0.1, 0.15) is 0 Å². The second-order valence-electron chi connectivity index (χ2n) is 4.96. The molecule has 0 radical (unpaired) electrons. The smallest absolute Gasteiger partial charge is 0.182 e. The summed E-state index contributed by atoms with van der Waals surface area (Å²) in [6, 6.07) is 5.47. The van der Waals surface area contributed by atoms with Crippen LogP contribution in [0.25, 0.3) is 0 Å². The Morgan fingerprint density at radius 1 is 1.26 bits per heavy atom. The molecule has 0 heterocycles. The van der Waals surface area contributed by atoms with Crippen LogP contribution in [0.3, 0.4) is 0 Å². The molecular formula is C15H23NO3. The van der Waals surface area contributed by atoms with E-state index in [1.54, 1.807) is 13.3 Å². The molecule has 0 spiro atoms. The average molecular weight is 265 g/mol. The largest absolute Gasteiger partial charge is 0.623 e. The zero-order valence-electron chi connectivity index (χ0n) is 12.4. The maximum absolute atomic E-state index is 12.1. The molecule has 0 amide bonds. The number of benzene rings is 1. The zero-order valence-corrected chi connectivity index (χ0v) is 12.4. The van der Waals surface area contributed by atoms with Crippen molar-refractivity contribution in [1.29, 1.82) is 0 Å². The highest BCUT2D eigenvalue weighted by atomic mass is 16.5. The van der Waals surface area contributed by atoms with Gasteiger partial charge in [0.2, 0.25) is 0 Å². The molecule has 4 nitrogen and oxygen atoms in total.